The lowest BCUT2D eigenvalue weighted by molar-refractivity contribution is 0.290. The van der Waals surface area contributed by atoms with Crippen molar-refractivity contribution in [1.29, 1.82) is 0 Å². The van der Waals surface area contributed by atoms with Crippen LogP contribution < -0.4 is 9.47 Å². The molecular formula is C19H23ClO2. The van der Waals surface area contributed by atoms with Crippen LogP contribution >= 0.6 is 11.6 Å². The Morgan fingerprint density at radius 1 is 0.955 bits per heavy atom. The van der Waals surface area contributed by atoms with E-state index in [-0.39, 0.29) is 0 Å². The molecule has 0 atom stereocenters. The molecule has 0 bridgehead atoms. The summed E-state index contributed by atoms with van der Waals surface area (Å²) >= 11 is 5.69. The smallest absolute Gasteiger partial charge is 0.126 e. The monoisotopic (exact) mass is 318 g/mol. The molecule has 118 valence electrons. The van der Waals surface area contributed by atoms with Gasteiger partial charge in [-0.1, -0.05) is 43.3 Å². The average molecular weight is 319 g/mol. The normalized spacial score (nSPS) is 10.5. The van der Waals surface area contributed by atoms with Crippen LogP contribution in [0.3, 0.4) is 0 Å². The highest BCUT2D eigenvalue weighted by Gasteiger charge is 2.05. The number of hydrogen-bond donors (Lipinski definition) is 0. The molecule has 2 nitrogen and oxygen atoms in total. The van der Waals surface area contributed by atoms with E-state index in [9.17, 15) is 0 Å². The molecule has 2 aromatic rings. The number of ether oxygens (including phenoxy) is 2. The van der Waals surface area contributed by atoms with Gasteiger partial charge in [-0.2, -0.15) is 0 Å². The highest BCUT2D eigenvalue weighted by molar-refractivity contribution is 6.17. The Morgan fingerprint density at radius 3 is 2.50 bits per heavy atom. The third-order valence-electron chi connectivity index (χ3n) is 3.45. The topological polar surface area (TPSA) is 18.5 Å². The van der Waals surface area contributed by atoms with E-state index in [0.29, 0.717) is 19.1 Å². The summed E-state index contributed by atoms with van der Waals surface area (Å²) in [5, 5.41) is 0. The standard InChI is InChI=1S/C19H23ClO2/c1-2-17-10-11-18(14-19(17)21-13-7-6-12-20)22-15-16-8-4-3-5-9-16/h3-5,8-11,14H,2,6-7,12-13,15H2,1H3. The highest BCUT2D eigenvalue weighted by Crippen LogP contribution is 2.26. The first kappa shape index (κ1) is 16.7. The molecule has 0 aliphatic rings. The van der Waals surface area contributed by atoms with Gasteiger partial charge in [0.15, 0.2) is 0 Å². The quantitative estimate of drug-likeness (QED) is 0.466. The summed E-state index contributed by atoms with van der Waals surface area (Å²) in [6, 6.07) is 16.2. The fourth-order valence-electron chi connectivity index (χ4n) is 2.17. The van der Waals surface area contributed by atoms with Crippen molar-refractivity contribution in [3.63, 3.8) is 0 Å². The molecular weight excluding hydrogens is 296 g/mol. The first-order valence-electron chi connectivity index (χ1n) is 7.82. The third kappa shape index (κ3) is 5.27. The van der Waals surface area contributed by atoms with Gasteiger partial charge in [0.05, 0.1) is 6.61 Å². The van der Waals surface area contributed by atoms with Crippen LogP contribution in [0.2, 0.25) is 0 Å². The van der Waals surface area contributed by atoms with Gasteiger partial charge in [0.1, 0.15) is 18.1 Å². The number of aryl methyl sites for hydroxylation is 1. The van der Waals surface area contributed by atoms with Crippen LogP contribution in [0, 0.1) is 0 Å². The molecule has 0 N–H and O–H groups in total. The van der Waals surface area contributed by atoms with Gasteiger partial charge < -0.3 is 9.47 Å². The van der Waals surface area contributed by atoms with Crippen molar-refractivity contribution in [2.24, 2.45) is 0 Å². The summed E-state index contributed by atoms with van der Waals surface area (Å²) in [5.41, 5.74) is 2.37. The largest absolute Gasteiger partial charge is 0.493 e. The molecule has 0 heterocycles. The van der Waals surface area contributed by atoms with Crippen molar-refractivity contribution in [3.8, 4) is 11.5 Å². The van der Waals surface area contributed by atoms with E-state index >= 15 is 0 Å². The predicted octanol–water partition coefficient (Wildman–Crippen LogP) is 5.23. The van der Waals surface area contributed by atoms with Gasteiger partial charge in [-0.3, -0.25) is 0 Å². The summed E-state index contributed by atoms with van der Waals surface area (Å²) in [6.07, 6.45) is 2.90. The Morgan fingerprint density at radius 2 is 1.77 bits per heavy atom. The summed E-state index contributed by atoms with van der Waals surface area (Å²) in [7, 11) is 0. The second kappa shape index (κ2) is 9.37. The Hall–Kier alpha value is -1.67. The maximum atomic E-state index is 5.88. The van der Waals surface area contributed by atoms with Crippen LogP contribution in [0.1, 0.15) is 30.9 Å². The minimum Gasteiger partial charge on any atom is -0.493 e. The Balaban J connectivity index is 1.96. The second-order valence-corrected chi connectivity index (χ2v) is 5.52. The molecule has 2 rings (SSSR count). The van der Waals surface area contributed by atoms with Crippen LogP contribution in [-0.4, -0.2) is 12.5 Å². The SMILES string of the molecule is CCc1ccc(OCc2ccccc2)cc1OCCCCCl. The van der Waals surface area contributed by atoms with Crippen LogP contribution in [-0.2, 0) is 13.0 Å². The lowest BCUT2D eigenvalue weighted by Crippen LogP contribution is -2.01. The van der Waals surface area contributed by atoms with E-state index in [4.69, 9.17) is 21.1 Å². The number of alkyl halides is 1. The molecule has 0 saturated heterocycles. The fraction of sp³-hybridized carbons (Fsp3) is 0.368. The van der Waals surface area contributed by atoms with Crippen molar-refractivity contribution in [3.05, 3.63) is 59.7 Å². The minimum atomic E-state index is 0.567. The summed E-state index contributed by atoms with van der Waals surface area (Å²) in [5.74, 6) is 2.44. The van der Waals surface area contributed by atoms with Gasteiger partial charge in [-0.05, 0) is 36.5 Å². The highest BCUT2D eigenvalue weighted by atomic mass is 35.5. The van der Waals surface area contributed by atoms with Crippen molar-refractivity contribution < 1.29 is 9.47 Å². The average Bonchev–Trinajstić information content (AvgIpc) is 2.58. The predicted molar refractivity (Wildman–Crippen MR) is 92.0 cm³/mol. The maximum Gasteiger partial charge on any atom is 0.126 e. The molecule has 0 spiro atoms. The van der Waals surface area contributed by atoms with Crippen molar-refractivity contribution >= 4 is 11.6 Å². The molecule has 0 unspecified atom stereocenters. The van der Waals surface area contributed by atoms with Crippen LogP contribution in [0.4, 0.5) is 0 Å². The number of rotatable bonds is 9. The zero-order chi connectivity index (χ0) is 15.6. The zero-order valence-corrected chi connectivity index (χ0v) is 13.8. The third-order valence-corrected chi connectivity index (χ3v) is 3.72. The second-order valence-electron chi connectivity index (χ2n) is 5.14. The summed E-state index contributed by atoms with van der Waals surface area (Å²) in [6.45, 7) is 3.39. The Labute approximate surface area is 138 Å². The van der Waals surface area contributed by atoms with Crippen molar-refractivity contribution in [2.75, 3.05) is 12.5 Å². The van der Waals surface area contributed by atoms with E-state index in [0.717, 1.165) is 36.3 Å². The van der Waals surface area contributed by atoms with E-state index in [1.54, 1.807) is 0 Å². The van der Waals surface area contributed by atoms with E-state index in [1.807, 2.05) is 30.3 Å². The van der Waals surface area contributed by atoms with Crippen LogP contribution in [0.15, 0.2) is 48.5 Å². The van der Waals surface area contributed by atoms with E-state index in [2.05, 4.69) is 25.1 Å². The van der Waals surface area contributed by atoms with Gasteiger partial charge in [0.25, 0.3) is 0 Å². The lowest BCUT2D eigenvalue weighted by Gasteiger charge is -2.13. The molecule has 2 aromatic carbocycles. The lowest BCUT2D eigenvalue weighted by atomic mass is 10.1. The van der Waals surface area contributed by atoms with E-state index in [1.165, 1.54) is 5.56 Å². The molecule has 3 heteroatoms. The molecule has 0 radical (unpaired) electrons. The first-order chi connectivity index (χ1) is 10.8. The van der Waals surface area contributed by atoms with Gasteiger partial charge in [0, 0.05) is 11.9 Å². The number of halogens is 1. The number of benzene rings is 2. The molecule has 0 aliphatic heterocycles. The number of unbranched alkanes of at least 4 members (excludes halogenated alkanes) is 1. The molecule has 0 fully saturated rings. The summed E-state index contributed by atoms with van der Waals surface area (Å²) < 4.78 is 11.7. The first-order valence-corrected chi connectivity index (χ1v) is 8.35. The maximum absolute atomic E-state index is 5.88. The van der Waals surface area contributed by atoms with Gasteiger partial charge >= 0.3 is 0 Å². The minimum absolute atomic E-state index is 0.567. The zero-order valence-electron chi connectivity index (χ0n) is 13.1. The summed E-state index contributed by atoms with van der Waals surface area (Å²) in [4.78, 5) is 0. The van der Waals surface area contributed by atoms with Crippen molar-refractivity contribution in [2.45, 2.75) is 32.8 Å². The molecule has 0 saturated carbocycles. The fourth-order valence-corrected chi connectivity index (χ4v) is 2.36. The molecule has 0 aliphatic carbocycles. The molecule has 0 aromatic heterocycles. The molecule has 22 heavy (non-hydrogen) atoms. The van der Waals surface area contributed by atoms with E-state index < -0.39 is 0 Å². The van der Waals surface area contributed by atoms with Gasteiger partial charge in [-0.15, -0.1) is 11.6 Å². The Kier molecular flexibility index (Phi) is 7.11. The van der Waals surface area contributed by atoms with Gasteiger partial charge in [0.2, 0.25) is 0 Å². The molecule has 0 amide bonds. The van der Waals surface area contributed by atoms with Crippen LogP contribution in [0.25, 0.3) is 0 Å². The van der Waals surface area contributed by atoms with Crippen molar-refractivity contribution in [1.82, 2.24) is 0 Å². The number of hydrogen-bond acceptors (Lipinski definition) is 2. The van der Waals surface area contributed by atoms with Gasteiger partial charge in [-0.25, -0.2) is 0 Å². The van der Waals surface area contributed by atoms with Crippen LogP contribution in [0.5, 0.6) is 11.5 Å². The Bertz CT molecular complexity index is 555.